The minimum atomic E-state index is -1.26. The largest absolute Gasteiger partial charge is 0.612 e. The van der Waals surface area contributed by atoms with Gasteiger partial charge in [0.15, 0.2) is 4.90 Å². The van der Waals surface area contributed by atoms with E-state index >= 15 is 0 Å². The lowest BCUT2D eigenvalue weighted by atomic mass is 10.1. The number of nitrogens with zero attached hydrogens (tertiary/aromatic N) is 1. The summed E-state index contributed by atoms with van der Waals surface area (Å²) in [6, 6.07) is 7.58. The Balaban J connectivity index is 0.000000828. The molecule has 1 unspecified atom stereocenters. The van der Waals surface area contributed by atoms with Crippen molar-refractivity contribution in [1.82, 2.24) is 0 Å². The maximum absolute atomic E-state index is 11.4. The molecule has 162 valence electrons. The highest BCUT2D eigenvalue weighted by atomic mass is 32.2. The molecule has 1 atom stereocenters. The highest BCUT2D eigenvalue weighted by molar-refractivity contribution is 7.90. The standard InChI is InChI=1S/C15H24N2O3S.C4H4O4/c1-19-11-4-3-5-15(17-20-12-10-16)13-6-8-14(9-7-13)21(2)18;5-3(6)1-2-4(7)8/h6-9H,3-5,10-12,16H2,1-2H3;1-2H,(H,5,6)(H,7,8). The highest BCUT2D eigenvalue weighted by Gasteiger charge is 2.08. The van der Waals surface area contributed by atoms with Gasteiger partial charge in [-0.2, -0.15) is 0 Å². The summed E-state index contributed by atoms with van der Waals surface area (Å²) in [5.74, 6) is -2.51. The summed E-state index contributed by atoms with van der Waals surface area (Å²) >= 11 is -0.969. The van der Waals surface area contributed by atoms with Crippen LogP contribution in [0.4, 0.5) is 0 Å². The van der Waals surface area contributed by atoms with E-state index in [1.165, 1.54) is 0 Å². The van der Waals surface area contributed by atoms with Crippen LogP contribution in [0.5, 0.6) is 0 Å². The number of nitrogens with two attached hydrogens (primary N) is 1. The van der Waals surface area contributed by atoms with E-state index in [4.69, 9.17) is 25.5 Å². The number of methoxy groups -OCH3 is 1. The molecule has 0 saturated carbocycles. The van der Waals surface area contributed by atoms with E-state index in [2.05, 4.69) is 5.16 Å². The van der Waals surface area contributed by atoms with Gasteiger partial charge in [-0.3, -0.25) is 0 Å². The van der Waals surface area contributed by atoms with Gasteiger partial charge < -0.3 is 30.1 Å². The third-order valence-electron chi connectivity index (χ3n) is 3.28. The molecule has 0 aromatic heterocycles. The Hall–Kier alpha value is -2.40. The Morgan fingerprint density at radius 1 is 1.14 bits per heavy atom. The number of unbranched alkanes of at least 4 members (excludes halogenated alkanes) is 1. The van der Waals surface area contributed by atoms with Crippen molar-refractivity contribution < 1.29 is 33.9 Å². The molecule has 0 aliphatic rings. The third-order valence-corrected chi connectivity index (χ3v) is 4.22. The van der Waals surface area contributed by atoms with Crippen molar-refractivity contribution in [3.63, 3.8) is 0 Å². The molecular formula is C19H28N2O7S. The van der Waals surface area contributed by atoms with E-state index < -0.39 is 23.1 Å². The molecule has 0 spiro atoms. The molecule has 1 aromatic carbocycles. The number of aliphatic carboxylic acids is 2. The molecule has 0 heterocycles. The SMILES string of the molecule is COCCCCC(=NOCCN)c1ccc([S+](C)[O-])cc1.O=C(O)C=CC(=O)O. The average Bonchev–Trinajstić information content (AvgIpc) is 2.69. The second-order valence-electron chi connectivity index (χ2n) is 5.60. The zero-order valence-electron chi connectivity index (χ0n) is 16.6. The smallest absolute Gasteiger partial charge is 0.328 e. The molecule has 0 saturated heterocycles. The van der Waals surface area contributed by atoms with Gasteiger partial charge in [0.2, 0.25) is 0 Å². The van der Waals surface area contributed by atoms with E-state index in [9.17, 15) is 14.1 Å². The zero-order chi connectivity index (χ0) is 22.1. The van der Waals surface area contributed by atoms with Crippen LogP contribution in [0.1, 0.15) is 24.8 Å². The van der Waals surface area contributed by atoms with Crippen molar-refractivity contribution in [2.45, 2.75) is 24.2 Å². The summed E-state index contributed by atoms with van der Waals surface area (Å²) in [6.45, 7) is 1.58. The minimum Gasteiger partial charge on any atom is -0.612 e. The van der Waals surface area contributed by atoms with Crippen molar-refractivity contribution in [3.05, 3.63) is 42.0 Å². The van der Waals surface area contributed by atoms with E-state index in [1.807, 2.05) is 24.3 Å². The van der Waals surface area contributed by atoms with Gasteiger partial charge in [-0.15, -0.1) is 0 Å². The number of hydrogen-bond acceptors (Lipinski definition) is 7. The summed E-state index contributed by atoms with van der Waals surface area (Å²) in [5, 5.41) is 19.8. The van der Waals surface area contributed by atoms with Crippen LogP contribution in [0, 0.1) is 0 Å². The van der Waals surface area contributed by atoms with Crippen molar-refractivity contribution in [1.29, 1.82) is 0 Å². The van der Waals surface area contributed by atoms with Crippen molar-refractivity contribution in [2.75, 3.05) is 33.1 Å². The van der Waals surface area contributed by atoms with Crippen LogP contribution in [0.15, 0.2) is 46.5 Å². The van der Waals surface area contributed by atoms with Gasteiger partial charge in [-0.1, -0.05) is 5.16 Å². The zero-order valence-corrected chi connectivity index (χ0v) is 17.4. The quantitative estimate of drug-likeness (QED) is 0.149. The number of benzene rings is 1. The van der Waals surface area contributed by atoms with Gasteiger partial charge in [0.05, 0.1) is 5.71 Å². The van der Waals surface area contributed by atoms with Gasteiger partial charge in [0, 0.05) is 32.4 Å². The van der Waals surface area contributed by atoms with Crippen molar-refractivity contribution >= 4 is 28.8 Å². The monoisotopic (exact) mass is 428 g/mol. The van der Waals surface area contributed by atoms with E-state index in [0.717, 1.165) is 42.0 Å². The highest BCUT2D eigenvalue weighted by Crippen LogP contribution is 2.14. The van der Waals surface area contributed by atoms with Crippen molar-refractivity contribution in [3.8, 4) is 0 Å². The Morgan fingerprint density at radius 2 is 1.72 bits per heavy atom. The topological polar surface area (TPSA) is 154 Å². The van der Waals surface area contributed by atoms with Gasteiger partial charge in [-0.05, 0) is 60.3 Å². The summed E-state index contributed by atoms with van der Waals surface area (Å²) in [5.41, 5.74) is 7.27. The maximum Gasteiger partial charge on any atom is 0.328 e. The molecule has 0 fully saturated rings. The van der Waals surface area contributed by atoms with Gasteiger partial charge in [-0.25, -0.2) is 9.59 Å². The Bertz CT molecular complexity index is 645. The number of hydrogen-bond donors (Lipinski definition) is 3. The van der Waals surface area contributed by atoms with Crippen LogP contribution < -0.4 is 5.73 Å². The Labute approximate surface area is 173 Å². The average molecular weight is 429 g/mol. The van der Waals surface area contributed by atoms with Crippen LogP contribution in [-0.4, -0.2) is 65.5 Å². The van der Waals surface area contributed by atoms with Gasteiger partial charge in [0.1, 0.15) is 12.9 Å². The lowest BCUT2D eigenvalue weighted by molar-refractivity contribution is -0.134. The second-order valence-corrected chi connectivity index (χ2v) is 6.98. The fourth-order valence-electron chi connectivity index (χ4n) is 1.94. The summed E-state index contributed by atoms with van der Waals surface area (Å²) < 4.78 is 16.5. The molecule has 0 bridgehead atoms. The molecular weight excluding hydrogens is 400 g/mol. The molecule has 0 radical (unpaired) electrons. The van der Waals surface area contributed by atoms with Crippen LogP contribution in [0.2, 0.25) is 0 Å². The first kappa shape index (κ1) is 26.6. The molecule has 4 N–H and O–H groups in total. The molecule has 9 nitrogen and oxygen atoms in total. The molecule has 29 heavy (non-hydrogen) atoms. The van der Waals surface area contributed by atoms with E-state index in [0.29, 0.717) is 25.3 Å². The predicted octanol–water partition coefficient (Wildman–Crippen LogP) is 1.63. The predicted molar refractivity (Wildman–Crippen MR) is 110 cm³/mol. The fraction of sp³-hybridized carbons (Fsp3) is 0.421. The maximum atomic E-state index is 11.4. The second kappa shape index (κ2) is 16.5. The van der Waals surface area contributed by atoms with E-state index in [1.54, 1.807) is 13.4 Å². The Morgan fingerprint density at radius 3 is 2.17 bits per heavy atom. The fourth-order valence-corrected chi connectivity index (χ4v) is 2.46. The lowest BCUT2D eigenvalue weighted by Crippen LogP contribution is -2.09. The summed E-state index contributed by atoms with van der Waals surface area (Å²) in [7, 11) is 1.70. The number of carboxylic acid groups (broad SMARTS) is 2. The number of carboxylic acids is 2. The van der Waals surface area contributed by atoms with Gasteiger partial charge >= 0.3 is 11.9 Å². The first-order valence-electron chi connectivity index (χ1n) is 8.77. The molecule has 1 aromatic rings. The number of rotatable bonds is 12. The van der Waals surface area contributed by atoms with Gasteiger partial charge in [0.25, 0.3) is 0 Å². The molecule has 0 aliphatic heterocycles. The summed E-state index contributed by atoms with van der Waals surface area (Å²) in [6.07, 6.45) is 5.54. The first-order chi connectivity index (χ1) is 13.8. The van der Waals surface area contributed by atoms with Crippen molar-refractivity contribution in [2.24, 2.45) is 10.9 Å². The summed E-state index contributed by atoms with van der Waals surface area (Å²) in [4.78, 5) is 25.1. The molecule has 1 rings (SSSR count). The number of ether oxygens (including phenoxy) is 1. The van der Waals surface area contributed by atoms with E-state index in [-0.39, 0.29) is 0 Å². The minimum absolute atomic E-state index is 0.401. The Kier molecular flexibility index (Phi) is 15.2. The molecule has 10 heteroatoms. The van der Waals surface area contributed by atoms with Crippen LogP contribution in [0.25, 0.3) is 0 Å². The normalized spacial score (nSPS) is 12.2. The first-order valence-corrected chi connectivity index (χ1v) is 10.3. The van der Waals surface area contributed by atoms with Crippen LogP contribution >= 0.6 is 0 Å². The molecule has 0 aliphatic carbocycles. The number of oxime groups is 1. The molecule has 0 amide bonds. The third kappa shape index (κ3) is 14.3. The lowest BCUT2D eigenvalue weighted by Gasteiger charge is -2.09. The van der Waals surface area contributed by atoms with Crippen LogP contribution in [-0.2, 0) is 30.3 Å². The number of carbonyl (C=O) groups is 2. The van der Waals surface area contributed by atoms with Crippen LogP contribution in [0.3, 0.4) is 0 Å².